The maximum absolute atomic E-state index is 13.7. The molecule has 2 heterocycles. The second-order valence-electron chi connectivity index (χ2n) is 5.55. The van der Waals surface area contributed by atoms with Crippen molar-refractivity contribution in [3.63, 3.8) is 0 Å². The Kier molecular flexibility index (Phi) is 4.66. The number of hydrogen-bond donors (Lipinski definition) is 1. The van der Waals surface area contributed by atoms with E-state index in [-0.39, 0.29) is 6.04 Å². The fourth-order valence-corrected chi connectivity index (χ4v) is 2.72. The summed E-state index contributed by atoms with van der Waals surface area (Å²) in [7, 11) is 1.56. The topological polar surface area (TPSA) is 50.3 Å². The number of benzene rings is 1. The third kappa shape index (κ3) is 3.92. The predicted octanol–water partition coefficient (Wildman–Crippen LogP) is 2.45. The quantitative estimate of drug-likeness (QED) is 0.917. The normalized spacial score (nSPS) is 18.1. The SMILES string of the molecule is COc1cc(NC2CCN(Cc3ccc(F)cc3F)C2)ncn1. The van der Waals surface area contributed by atoms with E-state index in [0.717, 1.165) is 25.6 Å². The fraction of sp³-hybridized carbons (Fsp3) is 0.375. The van der Waals surface area contributed by atoms with E-state index >= 15 is 0 Å². The highest BCUT2D eigenvalue weighted by atomic mass is 19.1. The minimum Gasteiger partial charge on any atom is -0.481 e. The van der Waals surface area contributed by atoms with Crippen LogP contribution < -0.4 is 10.1 Å². The zero-order valence-electron chi connectivity index (χ0n) is 12.8. The number of likely N-dealkylation sites (tertiary alicyclic amines) is 1. The smallest absolute Gasteiger partial charge is 0.218 e. The first-order valence-electron chi connectivity index (χ1n) is 7.43. The number of anilines is 1. The maximum Gasteiger partial charge on any atom is 0.218 e. The molecule has 1 aromatic heterocycles. The first-order valence-corrected chi connectivity index (χ1v) is 7.43. The van der Waals surface area contributed by atoms with E-state index in [0.29, 0.717) is 23.8 Å². The third-order valence-electron chi connectivity index (χ3n) is 3.88. The summed E-state index contributed by atoms with van der Waals surface area (Å²) in [6.45, 7) is 2.08. The Balaban J connectivity index is 1.57. The summed E-state index contributed by atoms with van der Waals surface area (Å²) >= 11 is 0. The van der Waals surface area contributed by atoms with Gasteiger partial charge >= 0.3 is 0 Å². The van der Waals surface area contributed by atoms with E-state index in [1.807, 2.05) is 0 Å². The van der Waals surface area contributed by atoms with E-state index < -0.39 is 11.6 Å². The molecule has 1 aliphatic heterocycles. The molecule has 0 amide bonds. The lowest BCUT2D eigenvalue weighted by atomic mass is 10.2. The van der Waals surface area contributed by atoms with Crippen molar-refractivity contribution in [1.29, 1.82) is 0 Å². The van der Waals surface area contributed by atoms with Gasteiger partial charge in [0.25, 0.3) is 0 Å². The van der Waals surface area contributed by atoms with Crippen LogP contribution in [0.2, 0.25) is 0 Å². The molecule has 1 fully saturated rings. The fourth-order valence-electron chi connectivity index (χ4n) is 2.72. The van der Waals surface area contributed by atoms with Crippen molar-refractivity contribution in [2.45, 2.75) is 19.0 Å². The van der Waals surface area contributed by atoms with Gasteiger partial charge in [-0.15, -0.1) is 0 Å². The number of ether oxygens (including phenoxy) is 1. The average molecular weight is 320 g/mol. The number of halogens is 2. The molecule has 0 bridgehead atoms. The molecule has 0 saturated carbocycles. The van der Waals surface area contributed by atoms with Gasteiger partial charge in [0, 0.05) is 43.4 Å². The Bertz CT molecular complexity index is 683. The van der Waals surface area contributed by atoms with E-state index in [9.17, 15) is 8.78 Å². The molecule has 1 aliphatic rings. The van der Waals surface area contributed by atoms with Crippen LogP contribution in [0.15, 0.2) is 30.6 Å². The van der Waals surface area contributed by atoms with Crippen molar-refractivity contribution >= 4 is 5.82 Å². The number of aromatic nitrogens is 2. The van der Waals surface area contributed by atoms with Gasteiger partial charge in [0.15, 0.2) is 0 Å². The molecule has 1 unspecified atom stereocenters. The first-order chi connectivity index (χ1) is 11.1. The second-order valence-corrected chi connectivity index (χ2v) is 5.55. The first kappa shape index (κ1) is 15.6. The van der Waals surface area contributed by atoms with Crippen molar-refractivity contribution < 1.29 is 13.5 Å². The van der Waals surface area contributed by atoms with E-state index in [1.165, 1.54) is 18.5 Å². The van der Waals surface area contributed by atoms with Crippen LogP contribution in [0.3, 0.4) is 0 Å². The van der Waals surface area contributed by atoms with E-state index in [4.69, 9.17) is 4.74 Å². The summed E-state index contributed by atoms with van der Waals surface area (Å²) in [5.74, 6) is 0.161. The van der Waals surface area contributed by atoms with Gasteiger partial charge in [-0.2, -0.15) is 0 Å². The van der Waals surface area contributed by atoms with Gasteiger partial charge in [0.05, 0.1) is 7.11 Å². The standard InChI is InChI=1S/C16H18F2N4O/c1-23-16-7-15(19-10-20-16)21-13-4-5-22(9-13)8-11-2-3-12(17)6-14(11)18/h2-3,6-7,10,13H,4-5,8-9H2,1H3,(H,19,20,21). The Morgan fingerprint density at radius 1 is 1.30 bits per heavy atom. The van der Waals surface area contributed by atoms with Gasteiger partial charge in [-0.1, -0.05) is 6.07 Å². The summed E-state index contributed by atoms with van der Waals surface area (Å²) in [4.78, 5) is 10.3. The number of nitrogens with one attached hydrogen (secondary N) is 1. The van der Waals surface area contributed by atoms with Crippen molar-refractivity contribution in [2.75, 3.05) is 25.5 Å². The largest absolute Gasteiger partial charge is 0.481 e. The maximum atomic E-state index is 13.7. The zero-order valence-corrected chi connectivity index (χ0v) is 12.8. The Morgan fingerprint density at radius 2 is 2.17 bits per heavy atom. The number of methoxy groups -OCH3 is 1. The van der Waals surface area contributed by atoms with Crippen LogP contribution in [0.25, 0.3) is 0 Å². The molecule has 1 saturated heterocycles. The highest BCUT2D eigenvalue weighted by Gasteiger charge is 2.23. The third-order valence-corrected chi connectivity index (χ3v) is 3.88. The van der Waals surface area contributed by atoms with Crippen molar-refractivity contribution in [2.24, 2.45) is 0 Å². The highest BCUT2D eigenvalue weighted by Crippen LogP contribution is 2.19. The highest BCUT2D eigenvalue weighted by molar-refractivity contribution is 5.38. The molecule has 0 spiro atoms. The van der Waals surface area contributed by atoms with Crippen molar-refractivity contribution in [3.05, 3.63) is 47.8 Å². The Hall–Kier alpha value is -2.28. The molecule has 23 heavy (non-hydrogen) atoms. The summed E-state index contributed by atoms with van der Waals surface area (Å²) in [6, 6.07) is 5.67. The lowest BCUT2D eigenvalue weighted by Crippen LogP contribution is -2.26. The number of hydrogen-bond acceptors (Lipinski definition) is 5. The molecule has 0 aliphatic carbocycles. The summed E-state index contributed by atoms with van der Waals surface area (Å²) < 4.78 is 31.7. The van der Waals surface area contributed by atoms with Crippen LogP contribution in [0.4, 0.5) is 14.6 Å². The molecule has 3 rings (SSSR count). The van der Waals surface area contributed by atoms with Crippen molar-refractivity contribution in [3.8, 4) is 5.88 Å². The monoisotopic (exact) mass is 320 g/mol. The minimum atomic E-state index is -0.551. The van der Waals surface area contributed by atoms with Crippen LogP contribution in [-0.4, -0.2) is 41.1 Å². The zero-order chi connectivity index (χ0) is 16.2. The molecular formula is C16H18F2N4O. The van der Waals surface area contributed by atoms with Crippen LogP contribution in [0.1, 0.15) is 12.0 Å². The van der Waals surface area contributed by atoms with Gasteiger partial charge < -0.3 is 10.1 Å². The average Bonchev–Trinajstić information content (AvgIpc) is 2.97. The van der Waals surface area contributed by atoms with Crippen LogP contribution >= 0.6 is 0 Å². The van der Waals surface area contributed by atoms with E-state index in [1.54, 1.807) is 13.2 Å². The molecule has 1 atom stereocenters. The lowest BCUT2D eigenvalue weighted by molar-refractivity contribution is 0.322. The molecule has 2 aromatic rings. The molecular weight excluding hydrogens is 302 g/mol. The molecule has 5 nitrogen and oxygen atoms in total. The van der Waals surface area contributed by atoms with Gasteiger partial charge in [-0.05, 0) is 12.5 Å². The summed E-state index contributed by atoms with van der Waals surface area (Å²) in [5.41, 5.74) is 0.510. The Morgan fingerprint density at radius 3 is 2.96 bits per heavy atom. The van der Waals surface area contributed by atoms with Gasteiger partial charge in [-0.3, -0.25) is 4.90 Å². The van der Waals surface area contributed by atoms with E-state index in [2.05, 4.69) is 20.2 Å². The molecule has 1 N–H and O–H groups in total. The molecule has 7 heteroatoms. The summed E-state index contributed by atoms with van der Waals surface area (Å²) in [6.07, 6.45) is 2.37. The number of rotatable bonds is 5. The molecule has 1 aromatic carbocycles. The predicted molar refractivity (Wildman–Crippen MR) is 82.2 cm³/mol. The van der Waals surface area contributed by atoms with Gasteiger partial charge in [-0.25, -0.2) is 18.7 Å². The van der Waals surface area contributed by atoms with Crippen LogP contribution in [-0.2, 0) is 6.54 Å². The lowest BCUT2D eigenvalue weighted by Gasteiger charge is -2.17. The van der Waals surface area contributed by atoms with Crippen LogP contribution in [0.5, 0.6) is 5.88 Å². The second kappa shape index (κ2) is 6.87. The molecule has 0 radical (unpaired) electrons. The molecule has 122 valence electrons. The minimum absolute atomic E-state index is 0.220. The van der Waals surface area contributed by atoms with Crippen molar-refractivity contribution in [1.82, 2.24) is 14.9 Å². The number of nitrogens with zero attached hydrogens (tertiary/aromatic N) is 3. The van der Waals surface area contributed by atoms with Gasteiger partial charge in [0.2, 0.25) is 5.88 Å². The Labute approximate surface area is 133 Å². The summed E-state index contributed by atoms with van der Waals surface area (Å²) in [5, 5.41) is 3.33. The van der Waals surface area contributed by atoms with Gasteiger partial charge in [0.1, 0.15) is 23.8 Å². The van der Waals surface area contributed by atoms with Crippen LogP contribution in [0, 0.1) is 11.6 Å².